The van der Waals surface area contributed by atoms with Crippen molar-refractivity contribution in [2.24, 2.45) is 0 Å². The Morgan fingerprint density at radius 1 is 1.35 bits per heavy atom. The smallest absolute Gasteiger partial charge is 0.177 e. The predicted octanol–water partition coefficient (Wildman–Crippen LogP) is 4.38. The molecule has 1 aromatic carbocycles. The molecule has 0 fully saturated rings. The van der Waals surface area contributed by atoms with Crippen molar-refractivity contribution in [3.63, 3.8) is 0 Å². The maximum Gasteiger partial charge on any atom is 0.177 e. The Hall–Kier alpha value is -1.00. The van der Waals surface area contributed by atoms with Crippen LogP contribution in [0.1, 0.15) is 20.1 Å². The van der Waals surface area contributed by atoms with Crippen LogP contribution in [0.3, 0.4) is 0 Å². The summed E-state index contributed by atoms with van der Waals surface area (Å²) in [5.41, 5.74) is 0.688. The number of benzene rings is 1. The highest BCUT2D eigenvalue weighted by Crippen LogP contribution is 2.20. The molecule has 2 aromatic rings. The number of carbonyl (C=O) groups is 1. The molecule has 0 radical (unpaired) electrons. The molecule has 0 bridgehead atoms. The van der Waals surface area contributed by atoms with Gasteiger partial charge in [-0.2, -0.15) is 0 Å². The number of ketones is 1. The fraction of sp³-hybridized carbons (Fsp3) is 0.154. The van der Waals surface area contributed by atoms with E-state index in [0.29, 0.717) is 10.0 Å². The second-order valence-electron chi connectivity index (χ2n) is 3.79. The first-order chi connectivity index (χ1) is 8.04. The molecule has 88 valence electrons. The van der Waals surface area contributed by atoms with Crippen LogP contribution in [0.4, 0.5) is 4.39 Å². The lowest BCUT2D eigenvalue weighted by Crippen LogP contribution is -2.01. The molecule has 0 atom stereocenters. The molecule has 4 heteroatoms. The van der Waals surface area contributed by atoms with Crippen molar-refractivity contribution < 1.29 is 9.18 Å². The Kier molecular flexibility index (Phi) is 3.74. The summed E-state index contributed by atoms with van der Waals surface area (Å²) in [7, 11) is 0. The van der Waals surface area contributed by atoms with E-state index >= 15 is 0 Å². The SMILES string of the molecule is Cc1ccc(C(=O)Cc2cc(F)cc(Br)c2)s1. The third kappa shape index (κ3) is 3.23. The van der Waals surface area contributed by atoms with Gasteiger partial charge in [0.25, 0.3) is 0 Å². The lowest BCUT2D eigenvalue weighted by Gasteiger charge is -2.01. The molecule has 0 saturated heterocycles. The van der Waals surface area contributed by atoms with Gasteiger partial charge in [0, 0.05) is 15.8 Å². The van der Waals surface area contributed by atoms with Crippen LogP contribution in [0.5, 0.6) is 0 Å². The lowest BCUT2D eigenvalue weighted by molar-refractivity contribution is 0.0997. The largest absolute Gasteiger partial charge is 0.293 e. The lowest BCUT2D eigenvalue weighted by atomic mass is 10.1. The van der Waals surface area contributed by atoms with Crippen LogP contribution < -0.4 is 0 Å². The van der Waals surface area contributed by atoms with Crippen LogP contribution >= 0.6 is 27.3 Å². The number of hydrogen-bond acceptors (Lipinski definition) is 2. The zero-order valence-electron chi connectivity index (χ0n) is 9.17. The third-order valence-corrected chi connectivity index (χ3v) is 3.80. The average Bonchev–Trinajstić information content (AvgIpc) is 2.63. The van der Waals surface area contributed by atoms with Crippen molar-refractivity contribution >= 4 is 33.0 Å². The molecule has 0 saturated carbocycles. The fourth-order valence-corrected chi connectivity index (χ4v) is 2.89. The van der Waals surface area contributed by atoms with Gasteiger partial charge in [-0.25, -0.2) is 4.39 Å². The quantitative estimate of drug-likeness (QED) is 0.768. The van der Waals surface area contributed by atoms with E-state index in [9.17, 15) is 9.18 Å². The van der Waals surface area contributed by atoms with E-state index in [1.807, 2.05) is 19.1 Å². The van der Waals surface area contributed by atoms with Gasteiger partial charge in [0.15, 0.2) is 5.78 Å². The van der Waals surface area contributed by atoms with Crippen LogP contribution in [0, 0.1) is 12.7 Å². The van der Waals surface area contributed by atoms with E-state index in [1.54, 1.807) is 6.07 Å². The van der Waals surface area contributed by atoms with E-state index in [4.69, 9.17) is 0 Å². The summed E-state index contributed by atoms with van der Waals surface area (Å²) in [6.07, 6.45) is 0.232. The normalized spacial score (nSPS) is 10.5. The standard InChI is InChI=1S/C13H10BrFOS/c1-8-2-3-13(17-8)12(16)6-9-4-10(14)7-11(15)5-9/h2-5,7H,6H2,1H3. The Bertz CT molecular complexity index is 542. The summed E-state index contributed by atoms with van der Waals surface area (Å²) in [4.78, 5) is 13.8. The van der Waals surface area contributed by atoms with E-state index in [0.717, 1.165) is 9.75 Å². The summed E-state index contributed by atoms with van der Waals surface area (Å²) >= 11 is 4.68. The Balaban J connectivity index is 2.18. The van der Waals surface area contributed by atoms with Gasteiger partial charge in [-0.05, 0) is 42.8 Å². The molecule has 1 nitrogen and oxygen atoms in total. The van der Waals surface area contributed by atoms with Gasteiger partial charge in [-0.1, -0.05) is 15.9 Å². The van der Waals surface area contributed by atoms with Gasteiger partial charge in [0.05, 0.1) is 4.88 Å². The van der Waals surface area contributed by atoms with Gasteiger partial charge < -0.3 is 0 Å². The molecular weight excluding hydrogens is 303 g/mol. The zero-order valence-corrected chi connectivity index (χ0v) is 11.6. The first-order valence-electron chi connectivity index (χ1n) is 5.09. The molecule has 0 aliphatic rings. The molecule has 0 aliphatic heterocycles. The van der Waals surface area contributed by atoms with Gasteiger partial charge in [-0.15, -0.1) is 11.3 Å². The number of hydrogen-bond donors (Lipinski definition) is 0. The number of halogens is 2. The molecule has 0 N–H and O–H groups in total. The van der Waals surface area contributed by atoms with Crippen molar-refractivity contribution in [2.75, 3.05) is 0 Å². The molecule has 2 rings (SSSR count). The zero-order chi connectivity index (χ0) is 12.4. The summed E-state index contributed by atoms with van der Waals surface area (Å²) in [5.74, 6) is -0.301. The monoisotopic (exact) mass is 312 g/mol. The van der Waals surface area contributed by atoms with Crippen LogP contribution in [-0.4, -0.2) is 5.78 Å². The van der Waals surface area contributed by atoms with E-state index < -0.39 is 0 Å². The Morgan fingerprint density at radius 2 is 2.12 bits per heavy atom. The molecule has 1 aromatic heterocycles. The first-order valence-corrected chi connectivity index (χ1v) is 6.70. The molecular formula is C13H10BrFOS. The maximum absolute atomic E-state index is 13.1. The molecule has 1 heterocycles. The van der Waals surface area contributed by atoms with E-state index in [2.05, 4.69) is 15.9 Å². The molecule has 17 heavy (non-hydrogen) atoms. The van der Waals surface area contributed by atoms with Crippen molar-refractivity contribution in [1.29, 1.82) is 0 Å². The van der Waals surface area contributed by atoms with Crippen molar-refractivity contribution in [1.82, 2.24) is 0 Å². The van der Waals surface area contributed by atoms with Crippen LogP contribution in [0.25, 0.3) is 0 Å². The van der Waals surface area contributed by atoms with Gasteiger partial charge in [0.2, 0.25) is 0 Å². The van der Waals surface area contributed by atoms with Crippen LogP contribution in [-0.2, 0) is 6.42 Å². The number of carbonyl (C=O) groups excluding carboxylic acids is 1. The highest BCUT2D eigenvalue weighted by atomic mass is 79.9. The number of aryl methyl sites for hydroxylation is 1. The minimum Gasteiger partial charge on any atom is -0.293 e. The third-order valence-electron chi connectivity index (χ3n) is 2.30. The average molecular weight is 313 g/mol. The Morgan fingerprint density at radius 3 is 2.71 bits per heavy atom. The first kappa shape index (κ1) is 12.5. The van der Waals surface area contributed by atoms with Crippen molar-refractivity contribution in [3.05, 3.63) is 55.9 Å². The molecule has 0 spiro atoms. The second kappa shape index (κ2) is 5.10. The summed E-state index contributed by atoms with van der Waals surface area (Å²) in [6.45, 7) is 1.96. The van der Waals surface area contributed by atoms with Gasteiger partial charge >= 0.3 is 0 Å². The highest BCUT2D eigenvalue weighted by molar-refractivity contribution is 9.10. The molecule has 0 unspecified atom stereocenters. The minimum atomic E-state index is -0.329. The van der Waals surface area contributed by atoms with Crippen molar-refractivity contribution in [3.8, 4) is 0 Å². The topological polar surface area (TPSA) is 17.1 Å². The second-order valence-corrected chi connectivity index (χ2v) is 5.99. The Labute approximate surface area is 111 Å². The summed E-state index contributed by atoms with van der Waals surface area (Å²) < 4.78 is 13.8. The fourth-order valence-electron chi connectivity index (χ4n) is 1.57. The highest BCUT2D eigenvalue weighted by Gasteiger charge is 2.10. The van der Waals surface area contributed by atoms with E-state index in [1.165, 1.54) is 23.5 Å². The number of rotatable bonds is 3. The summed E-state index contributed by atoms with van der Waals surface area (Å²) in [6, 6.07) is 8.27. The number of thiophene rings is 1. The molecule has 0 amide bonds. The summed E-state index contributed by atoms with van der Waals surface area (Å²) in [5, 5.41) is 0. The van der Waals surface area contributed by atoms with Crippen LogP contribution in [0.15, 0.2) is 34.8 Å². The van der Waals surface area contributed by atoms with E-state index in [-0.39, 0.29) is 18.0 Å². The maximum atomic E-state index is 13.1. The van der Waals surface area contributed by atoms with Gasteiger partial charge in [-0.3, -0.25) is 4.79 Å². The number of Topliss-reactive ketones (excluding diaryl/α,β-unsaturated/α-hetero) is 1. The minimum absolute atomic E-state index is 0.0283. The molecule has 0 aliphatic carbocycles. The predicted molar refractivity (Wildman–Crippen MR) is 71.2 cm³/mol. The van der Waals surface area contributed by atoms with Gasteiger partial charge in [0.1, 0.15) is 5.82 Å². The van der Waals surface area contributed by atoms with Crippen molar-refractivity contribution in [2.45, 2.75) is 13.3 Å². The van der Waals surface area contributed by atoms with Crippen LogP contribution in [0.2, 0.25) is 0 Å².